The number of aryl methyl sites for hydroxylation is 2. The van der Waals surface area contributed by atoms with Gasteiger partial charge in [0.05, 0.1) is 11.3 Å². The third-order valence-electron chi connectivity index (χ3n) is 4.76. The summed E-state index contributed by atoms with van der Waals surface area (Å²) in [5, 5.41) is 20.7. The molecule has 0 spiro atoms. The normalized spacial score (nSPS) is 11.6. The lowest BCUT2D eigenvalue weighted by atomic mass is 10.1. The van der Waals surface area contributed by atoms with Crippen molar-refractivity contribution in [1.29, 1.82) is 0 Å². The van der Waals surface area contributed by atoms with Crippen molar-refractivity contribution in [1.82, 2.24) is 39.6 Å². The van der Waals surface area contributed by atoms with Crippen LogP contribution < -0.4 is 5.56 Å². The van der Waals surface area contributed by atoms with Crippen LogP contribution in [0.25, 0.3) is 33.8 Å². The van der Waals surface area contributed by atoms with Crippen LogP contribution in [-0.4, -0.2) is 39.6 Å². The van der Waals surface area contributed by atoms with Crippen LogP contribution in [0.3, 0.4) is 0 Å². The van der Waals surface area contributed by atoms with Crippen molar-refractivity contribution in [2.75, 3.05) is 0 Å². The molecule has 4 aromatic heterocycles. The Morgan fingerprint density at radius 2 is 1.93 bits per heavy atom. The molecule has 0 aliphatic rings. The number of aromatic amines is 1. The molecule has 29 heavy (non-hydrogen) atoms. The van der Waals surface area contributed by atoms with Crippen LogP contribution in [0.2, 0.25) is 5.02 Å². The average molecular weight is 407 g/mol. The van der Waals surface area contributed by atoms with E-state index in [0.717, 1.165) is 16.8 Å². The van der Waals surface area contributed by atoms with Gasteiger partial charge in [0.25, 0.3) is 11.5 Å². The van der Waals surface area contributed by atoms with Gasteiger partial charge in [-0.1, -0.05) is 30.7 Å². The molecule has 0 atom stereocenters. The van der Waals surface area contributed by atoms with Crippen molar-refractivity contribution in [3.63, 3.8) is 0 Å². The Labute approximate surface area is 169 Å². The number of nitrogens with one attached hydrogen (secondary N) is 1. The Bertz CT molecular complexity index is 1430. The number of halogens is 1. The molecule has 1 aromatic carbocycles. The molecule has 0 amide bonds. The maximum Gasteiger partial charge on any atom is 0.287 e. The number of rotatable bonds is 3. The maximum atomic E-state index is 13.0. The second-order valence-corrected chi connectivity index (χ2v) is 7.00. The first-order chi connectivity index (χ1) is 14.1. The second kappa shape index (κ2) is 6.49. The molecule has 5 aromatic rings. The summed E-state index contributed by atoms with van der Waals surface area (Å²) in [5.74, 6) is 0.970. The molecule has 0 aliphatic carbocycles. The Hall–Kier alpha value is -3.59. The molecule has 0 aliphatic heterocycles. The van der Waals surface area contributed by atoms with E-state index in [2.05, 4.69) is 30.5 Å². The van der Waals surface area contributed by atoms with Gasteiger partial charge in [0.15, 0.2) is 11.2 Å². The summed E-state index contributed by atoms with van der Waals surface area (Å²) >= 11 is 6.00. The fourth-order valence-electron chi connectivity index (χ4n) is 3.32. The zero-order valence-corrected chi connectivity index (χ0v) is 16.3. The SMILES string of the molecule is CCc1nc(-n2ccc3c(nnc4c(-c5ccc(Cl)cc5)c(C)nn43)c2=O)n[nH]1. The Morgan fingerprint density at radius 1 is 1.14 bits per heavy atom. The number of hydrogen-bond donors (Lipinski definition) is 1. The molecule has 0 saturated heterocycles. The summed E-state index contributed by atoms with van der Waals surface area (Å²) in [5.41, 5.74) is 3.51. The first-order valence-corrected chi connectivity index (χ1v) is 9.39. The molecule has 0 unspecified atom stereocenters. The van der Waals surface area contributed by atoms with E-state index in [4.69, 9.17) is 11.6 Å². The number of pyridine rings is 1. The highest BCUT2D eigenvalue weighted by molar-refractivity contribution is 6.30. The van der Waals surface area contributed by atoms with Crippen LogP contribution >= 0.6 is 11.6 Å². The molecular formula is C19H15ClN8O. The fraction of sp³-hybridized carbons (Fsp3) is 0.158. The van der Waals surface area contributed by atoms with Gasteiger partial charge < -0.3 is 0 Å². The van der Waals surface area contributed by atoms with Gasteiger partial charge in [-0.15, -0.1) is 15.3 Å². The van der Waals surface area contributed by atoms with Gasteiger partial charge in [-0.05, 0) is 30.7 Å². The van der Waals surface area contributed by atoms with Crippen LogP contribution in [0, 0.1) is 6.92 Å². The van der Waals surface area contributed by atoms with Gasteiger partial charge in [-0.25, -0.2) is 9.08 Å². The van der Waals surface area contributed by atoms with Gasteiger partial charge in [0, 0.05) is 17.6 Å². The van der Waals surface area contributed by atoms with Crippen molar-refractivity contribution in [3.8, 4) is 17.1 Å². The van der Waals surface area contributed by atoms with Crippen LogP contribution in [0.5, 0.6) is 0 Å². The Morgan fingerprint density at radius 3 is 2.66 bits per heavy atom. The minimum atomic E-state index is -0.361. The zero-order chi connectivity index (χ0) is 20.1. The number of H-pyrrole nitrogens is 1. The summed E-state index contributed by atoms with van der Waals surface area (Å²) in [6.07, 6.45) is 2.31. The van der Waals surface area contributed by atoms with Gasteiger partial charge in [-0.3, -0.25) is 9.89 Å². The monoisotopic (exact) mass is 406 g/mol. The van der Waals surface area contributed by atoms with E-state index >= 15 is 0 Å². The minimum Gasteiger partial charge on any atom is -0.266 e. The number of fused-ring (bicyclic) bond motifs is 3. The summed E-state index contributed by atoms with van der Waals surface area (Å²) in [6, 6.07) is 9.21. The van der Waals surface area contributed by atoms with Gasteiger partial charge in [0.2, 0.25) is 0 Å². The van der Waals surface area contributed by atoms with Crippen LogP contribution in [0.15, 0.2) is 41.3 Å². The van der Waals surface area contributed by atoms with E-state index in [1.165, 1.54) is 4.57 Å². The molecule has 144 valence electrons. The molecule has 10 heteroatoms. The lowest BCUT2D eigenvalue weighted by Crippen LogP contribution is -2.21. The lowest BCUT2D eigenvalue weighted by molar-refractivity contribution is 0.874. The van der Waals surface area contributed by atoms with Crippen molar-refractivity contribution < 1.29 is 0 Å². The van der Waals surface area contributed by atoms with Crippen LogP contribution in [0.1, 0.15) is 18.4 Å². The predicted molar refractivity (Wildman–Crippen MR) is 108 cm³/mol. The summed E-state index contributed by atoms with van der Waals surface area (Å²) in [4.78, 5) is 17.3. The second-order valence-electron chi connectivity index (χ2n) is 6.56. The van der Waals surface area contributed by atoms with Crippen molar-refractivity contribution in [3.05, 3.63) is 63.4 Å². The maximum absolute atomic E-state index is 13.0. The molecule has 0 radical (unpaired) electrons. The van der Waals surface area contributed by atoms with Crippen molar-refractivity contribution in [2.24, 2.45) is 0 Å². The van der Waals surface area contributed by atoms with E-state index in [1.807, 2.05) is 38.1 Å². The minimum absolute atomic E-state index is 0.188. The molecule has 0 fully saturated rings. The highest BCUT2D eigenvalue weighted by Crippen LogP contribution is 2.29. The summed E-state index contributed by atoms with van der Waals surface area (Å²) in [6.45, 7) is 3.85. The molecule has 1 N–H and O–H groups in total. The Balaban J connectivity index is 1.74. The number of hydrogen-bond acceptors (Lipinski definition) is 6. The van der Waals surface area contributed by atoms with E-state index in [9.17, 15) is 4.79 Å². The largest absolute Gasteiger partial charge is 0.287 e. The molecule has 0 bridgehead atoms. The number of nitrogens with zero attached hydrogens (tertiary/aromatic N) is 7. The molecule has 5 rings (SSSR count). The standard InChI is InChI=1S/C19H15ClN8O/c1-3-14-21-19(25-22-14)27-9-8-13-16(18(27)29)23-24-17-15(10(2)26-28(13)17)11-4-6-12(20)7-5-11/h4-9H,3H2,1-2H3,(H,21,22,25). The number of benzene rings is 1. The molecule has 4 heterocycles. The smallest absolute Gasteiger partial charge is 0.266 e. The van der Waals surface area contributed by atoms with Gasteiger partial charge in [0.1, 0.15) is 11.3 Å². The summed E-state index contributed by atoms with van der Waals surface area (Å²) in [7, 11) is 0. The number of aromatic nitrogens is 8. The van der Waals surface area contributed by atoms with Crippen molar-refractivity contribution >= 4 is 28.3 Å². The van der Waals surface area contributed by atoms with E-state index in [-0.39, 0.29) is 17.0 Å². The predicted octanol–water partition coefficient (Wildman–Crippen LogP) is 2.74. The van der Waals surface area contributed by atoms with Crippen LogP contribution in [-0.2, 0) is 6.42 Å². The molecule has 9 nitrogen and oxygen atoms in total. The highest BCUT2D eigenvalue weighted by Gasteiger charge is 2.18. The third kappa shape index (κ3) is 2.70. The van der Waals surface area contributed by atoms with Gasteiger partial charge >= 0.3 is 0 Å². The van der Waals surface area contributed by atoms with Crippen molar-refractivity contribution in [2.45, 2.75) is 20.3 Å². The topological polar surface area (TPSA) is 107 Å². The Kier molecular flexibility index (Phi) is 3.92. The lowest BCUT2D eigenvalue weighted by Gasteiger charge is -2.04. The molecule has 0 saturated carbocycles. The van der Waals surface area contributed by atoms with Gasteiger partial charge in [-0.2, -0.15) is 10.1 Å². The van der Waals surface area contributed by atoms with Crippen LogP contribution in [0.4, 0.5) is 0 Å². The quantitative estimate of drug-likeness (QED) is 0.493. The highest BCUT2D eigenvalue weighted by atomic mass is 35.5. The first kappa shape index (κ1) is 17.5. The van der Waals surface area contributed by atoms with E-state index in [0.29, 0.717) is 28.4 Å². The third-order valence-corrected chi connectivity index (χ3v) is 5.01. The fourth-order valence-corrected chi connectivity index (χ4v) is 3.44. The summed E-state index contributed by atoms with van der Waals surface area (Å²) < 4.78 is 2.98. The average Bonchev–Trinajstić information content (AvgIpc) is 3.33. The zero-order valence-electron chi connectivity index (χ0n) is 15.6. The van der Waals surface area contributed by atoms with E-state index < -0.39 is 0 Å². The first-order valence-electron chi connectivity index (χ1n) is 9.02. The van der Waals surface area contributed by atoms with E-state index in [1.54, 1.807) is 16.8 Å². The molecular weight excluding hydrogens is 392 g/mol.